The zero-order valence-corrected chi connectivity index (χ0v) is 46.3. The highest BCUT2D eigenvalue weighted by Gasteiger charge is 2.70. The van der Waals surface area contributed by atoms with E-state index >= 15 is 4.79 Å². The lowest BCUT2D eigenvalue weighted by molar-refractivity contribution is -0.361. The molecule has 0 radical (unpaired) electrons. The van der Waals surface area contributed by atoms with Gasteiger partial charge in [-0.25, -0.2) is 4.79 Å². The molecular weight excluding hydrogens is 1030 g/mol. The van der Waals surface area contributed by atoms with Gasteiger partial charge in [0, 0.05) is 0 Å². The quantitative estimate of drug-likeness (QED) is 0.0683. The minimum absolute atomic E-state index is 0.141. The van der Waals surface area contributed by atoms with E-state index in [-0.39, 0.29) is 39.4 Å². The van der Waals surface area contributed by atoms with Crippen molar-refractivity contribution in [2.24, 2.45) is 50.2 Å². The van der Waals surface area contributed by atoms with Gasteiger partial charge in [0.15, 0.2) is 25.0 Å². The molecule has 4 heterocycles. The number of ether oxygens (including phenoxy) is 9. The summed E-state index contributed by atoms with van der Waals surface area (Å²) in [6.45, 7) is 15.9. The zero-order valence-electron chi connectivity index (χ0n) is 46.3. The van der Waals surface area contributed by atoms with E-state index in [1.165, 1.54) is 12.5 Å². The van der Waals surface area contributed by atoms with Crippen LogP contribution in [0.25, 0.3) is 0 Å². The summed E-state index contributed by atoms with van der Waals surface area (Å²) in [4.78, 5) is 27.7. The summed E-state index contributed by atoms with van der Waals surface area (Å²) in [5.41, 5.74) is -1.09. The molecule has 0 aromatic carbocycles. The maximum absolute atomic E-state index is 15.2. The Balaban J connectivity index is 0.892. The summed E-state index contributed by atoms with van der Waals surface area (Å²) in [6.07, 6.45) is -23.6. The lowest BCUT2D eigenvalue weighted by Gasteiger charge is -2.71. The molecular formula is C55H88O23. The molecule has 23 nitrogen and oxygen atoms in total. The van der Waals surface area contributed by atoms with Gasteiger partial charge in [-0.3, -0.25) is 4.79 Å². The van der Waals surface area contributed by atoms with Gasteiger partial charge in [-0.2, -0.15) is 0 Å². The second-order valence-electron chi connectivity index (χ2n) is 26.5. The molecule has 9 rings (SSSR count). The number of aliphatic hydroxyl groups excluding tert-OH is 12. The maximum atomic E-state index is 15.2. The van der Waals surface area contributed by atoms with E-state index in [9.17, 15) is 66.1 Å². The molecule has 0 aromatic heterocycles. The molecule has 0 aromatic rings. The van der Waals surface area contributed by atoms with Crippen LogP contribution in [0.5, 0.6) is 0 Å². The minimum Gasteiger partial charge on any atom is -0.467 e. The van der Waals surface area contributed by atoms with Crippen molar-refractivity contribution in [1.82, 2.24) is 0 Å². The SMILES string of the molecule is COC(=O)[C@H]1O[C@@H](O[C@H]2CC[C@]3(C)[C@H]4CC=C5[C@@H]6CC(C)(C)CC[C@]6(C(=O)O[C@@H]6O[C@H](CO[C@@H]7O[C@H](CO)[C@@H](O[C@@H]8O[C@@H](C)[C@H](O)[C@@H](O)[C@H]8O)[C@H](O)[C@H]7O)[C@@H](O)[C@H](O)[C@H]6O)CC[C@@]5(C)[C@]4(C)CC[C@H]3C2(C)C)[C@H](O)[C@@H](O)[C@@H]1O. The fourth-order valence-corrected chi connectivity index (χ4v) is 16.5. The van der Waals surface area contributed by atoms with Gasteiger partial charge < -0.3 is 104 Å². The van der Waals surface area contributed by atoms with E-state index in [1.807, 2.05) is 0 Å². The van der Waals surface area contributed by atoms with Gasteiger partial charge >= 0.3 is 11.9 Å². The first-order valence-electron chi connectivity index (χ1n) is 28.1. The minimum atomic E-state index is -1.88. The van der Waals surface area contributed by atoms with Crippen LogP contribution in [0.2, 0.25) is 0 Å². The van der Waals surface area contributed by atoms with Crippen LogP contribution in [-0.2, 0) is 52.2 Å². The predicted molar refractivity (Wildman–Crippen MR) is 266 cm³/mol. The van der Waals surface area contributed by atoms with Crippen LogP contribution in [0.1, 0.15) is 120 Å². The fraction of sp³-hybridized carbons (Fsp3) is 0.927. The summed E-state index contributed by atoms with van der Waals surface area (Å²) in [6, 6.07) is 0. The van der Waals surface area contributed by atoms with Crippen LogP contribution in [0.15, 0.2) is 11.6 Å². The molecule has 4 saturated carbocycles. The number of rotatable bonds is 11. The molecule has 12 N–H and O–H groups in total. The first-order chi connectivity index (χ1) is 36.4. The van der Waals surface area contributed by atoms with Crippen LogP contribution in [0.4, 0.5) is 0 Å². The molecule has 23 heteroatoms. The smallest absolute Gasteiger partial charge is 0.337 e. The van der Waals surface area contributed by atoms with E-state index < -0.39 is 165 Å². The Morgan fingerprint density at radius 3 is 1.88 bits per heavy atom. The summed E-state index contributed by atoms with van der Waals surface area (Å²) >= 11 is 0. The van der Waals surface area contributed by atoms with Crippen LogP contribution in [-0.4, -0.2) is 222 Å². The standard InChI is InChI=1S/C55H88O23/c1-23-31(57)33(59)38(64)46(72-23)76-42-26(21-56)73-45(41(67)37(42)63)71-22-27-32(58)34(60)39(65)47(74-27)78-49(69)55-18-16-50(2,3)20-25(55)24-10-11-29-52(6)14-13-30(75-48-40(66)35(61)36(62)43(77-48)44(68)70-9)51(4,5)28(52)12-15-54(29,8)53(24,7)17-19-55/h10,23,25-43,45-48,56-67H,11-22H2,1-9H3/t23-,25-,26+,27+,28-,29+,30-,31-,32+,33+,34-,35-,36-,37+,38+,39+,40+,41+,42+,43-,45+,46-,47-,48+,52-,53+,54+,55-/m0/s1. The van der Waals surface area contributed by atoms with Gasteiger partial charge in [-0.15, -0.1) is 0 Å². The number of hydrogen-bond acceptors (Lipinski definition) is 23. The number of aliphatic hydroxyl groups is 12. The number of esters is 2. The molecule has 78 heavy (non-hydrogen) atoms. The topological polar surface area (TPSA) is 360 Å². The third-order valence-corrected chi connectivity index (χ3v) is 21.5. The molecule has 0 bridgehead atoms. The fourth-order valence-electron chi connectivity index (χ4n) is 16.5. The summed E-state index contributed by atoms with van der Waals surface area (Å²) < 4.78 is 52.0. The van der Waals surface area contributed by atoms with Crippen molar-refractivity contribution >= 4 is 11.9 Å². The van der Waals surface area contributed by atoms with Crippen molar-refractivity contribution in [3.05, 3.63) is 11.6 Å². The number of hydrogen-bond donors (Lipinski definition) is 12. The first kappa shape index (κ1) is 60.5. The predicted octanol–water partition coefficient (Wildman–Crippen LogP) is -0.827. The molecule has 446 valence electrons. The van der Waals surface area contributed by atoms with E-state index in [0.717, 1.165) is 32.8 Å². The van der Waals surface area contributed by atoms with E-state index in [2.05, 4.69) is 54.5 Å². The zero-order chi connectivity index (χ0) is 57.1. The first-order valence-corrected chi connectivity index (χ1v) is 28.1. The molecule has 28 atom stereocenters. The highest BCUT2D eigenvalue weighted by atomic mass is 16.8. The average molecular weight is 1120 g/mol. The van der Waals surface area contributed by atoms with Crippen LogP contribution >= 0.6 is 0 Å². The number of carbonyl (C=O) groups is 2. The van der Waals surface area contributed by atoms with Crippen molar-refractivity contribution in [2.75, 3.05) is 20.3 Å². The monoisotopic (exact) mass is 1120 g/mol. The number of fused-ring (bicyclic) bond motifs is 7. The molecule has 0 amide bonds. The number of carbonyl (C=O) groups excluding carboxylic acids is 2. The maximum Gasteiger partial charge on any atom is 0.337 e. The van der Waals surface area contributed by atoms with Crippen LogP contribution in [0, 0.1) is 50.2 Å². The summed E-state index contributed by atoms with van der Waals surface area (Å²) in [5, 5.41) is 129. The molecule has 4 saturated heterocycles. The van der Waals surface area contributed by atoms with E-state index in [1.54, 1.807) is 0 Å². The molecule has 4 aliphatic heterocycles. The van der Waals surface area contributed by atoms with Crippen molar-refractivity contribution in [2.45, 2.75) is 249 Å². The van der Waals surface area contributed by atoms with Crippen molar-refractivity contribution in [3.63, 3.8) is 0 Å². The number of allylic oxidation sites excluding steroid dienone is 2. The number of methoxy groups -OCH3 is 1. The van der Waals surface area contributed by atoms with Gasteiger partial charge in [0.25, 0.3) is 0 Å². The molecule has 0 unspecified atom stereocenters. The Morgan fingerprint density at radius 1 is 0.615 bits per heavy atom. The highest BCUT2D eigenvalue weighted by molar-refractivity contribution is 5.79. The van der Waals surface area contributed by atoms with Gasteiger partial charge in [0.05, 0.1) is 37.9 Å². The third-order valence-electron chi connectivity index (χ3n) is 21.5. The lowest BCUT2D eigenvalue weighted by atomic mass is 9.33. The molecule has 0 spiro atoms. The van der Waals surface area contributed by atoms with Crippen LogP contribution < -0.4 is 0 Å². The van der Waals surface area contributed by atoms with Gasteiger partial charge in [-0.1, -0.05) is 60.1 Å². The second kappa shape index (κ2) is 21.8. The van der Waals surface area contributed by atoms with E-state index in [0.29, 0.717) is 38.5 Å². The average Bonchev–Trinajstić information content (AvgIpc) is 2.48. The molecule has 8 fully saturated rings. The Kier molecular flexibility index (Phi) is 16.9. The van der Waals surface area contributed by atoms with Crippen LogP contribution in [0.3, 0.4) is 0 Å². The molecule has 9 aliphatic rings. The van der Waals surface area contributed by atoms with Crippen molar-refractivity contribution in [3.8, 4) is 0 Å². The van der Waals surface area contributed by atoms with E-state index in [4.69, 9.17) is 42.6 Å². The summed E-state index contributed by atoms with van der Waals surface area (Å²) in [7, 11) is 1.15. The molecule has 5 aliphatic carbocycles. The van der Waals surface area contributed by atoms with Crippen molar-refractivity contribution < 1.29 is 113 Å². The highest BCUT2D eigenvalue weighted by Crippen LogP contribution is 2.76. The Bertz CT molecular complexity index is 2200. The van der Waals surface area contributed by atoms with Gasteiger partial charge in [0.2, 0.25) is 6.29 Å². The Morgan fingerprint density at radius 2 is 1.22 bits per heavy atom. The lowest BCUT2D eigenvalue weighted by Crippen LogP contribution is -2.66. The summed E-state index contributed by atoms with van der Waals surface area (Å²) in [5.74, 6) is -1.33. The Labute approximate surface area is 455 Å². The van der Waals surface area contributed by atoms with Crippen molar-refractivity contribution in [1.29, 1.82) is 0 Å². The van der Waals surface area contributed by atoms with Gasteiger partial charge in [0.1, 0.15) is 85.5 Å². The van der Waals surface area contributed by atoms with Gasteiger partial charge in [-0.05, 0) is 116 Å². The Hall–Kier alpha value is -2.08. The largest absolute Gasteiger partial charge is 0.467 e. The second-order valence-corrected chi connectivity index (χ2v) is 26.5. The third kappa shape index (κ3) is 9.83. The normalized spacial score (nSPS) is 52.8.